The number of nitrogens with zero attached hydrogens (tertiary/aromatic N) is 3. The van der Waals surface area contributed by atoms with Crippen molar-refractivity contribution in [2.75, 3.05) is 0 Å². The Balaban J connectivity index is 2.93. The Hall–Kier alpha value is -1.36. The fraction of sp³-hybridized carbons (Fsp3) is 0.444. The van der Waals surface area contributed by atoms with Crippen molar-refractivity contribution < 1.29 is 0 Å². The normalized spacial score (nSPS) is 11.5. The van der Waals surface area contributed by atoms with E-state index in [0.717, 1.165) is 0 Å². The highest BCUT2D eigenvalue weighted by Crippen LogP contribution is 2.20. The molecule has 6 heteroatoms. The molecular formula is C9H11ClN4O. The number of rotatable bonds is 1. The maximum Gasteiger partial charge on any atom is 0.327 e. The maximum absolute atomic E-state index is 11.6. The summed E-state index contributed by atoms with van der Waals surface area (Å²) in [7, 11) is 0. The largest absolute Gasteiger partial charge is 0.327 e. The van der Waals surface area contributed by atoms with Crippen LogP contribution in [0.4, 0.5) is 0 Å². The zero-order chi connectivity index (χ0) is 11.2. The topological polar surface area (TPSA) is 63.6 Å². The number of aryl methyl sites for hydroxylation is 1. The molecule has 2 aromatic rings. The van der Waals surface area contributed by atoms with Gasteiger partial charge in [0.1, 0.15) is 11.3 Å². The second-order valence-electron chi connectivity index (χ2n) is 3.65. The van der Waals surface area contributed by atoms with Crippen molar-refractivity contribution in [3.05, 3.63) is 21.5 Å². The number of hydrogen-bond acceptors (Lipinski definition) is 3. The third-order valence-corrected chi connectivity index (χ3v) is 2.42. The molecule has 0 unspecified atom stereocenters. The lowest BCUT2D eigenvalue weighted by Crippen LogP contribution is -2.18. The lowest BCUT2D eigenvalue weighted by atomic mass is 10.4. The van der Waals surface area contributed by atoms with Gasteiger partial charge in [-0.15, -0.1) is 0 Å². The number of nitrogens with one attached hydrogen (secondary N) is 1. The van der Waals surface area contributed by atoms with Crippen molar-refractivity contribution in [3.63, 3.8) is 0 Å². The van der Waals surface area contributed by atoms with Crippen LogP contribution in [0.1, 0.15) is 25.7 Å². The van der Waals surface area contributed by atoms with E-state index in [9.17, 15) is 4.79 Å². The molecule has 0 fully saturated rings. The fourth-order valence-corrected chi connectivity index (χ4v) is 1.89. The van der Waals surface area contributed by atoms with Gasteiger partial charge in [0.05, 0.1) is 0 Å². The van der Waals surface area contributed by atoms with Crippen molar-refractivity contribution in [1.82, 2.24) is 19.5 Å². The van der Waals surface area contributed by atoms with Gasteiger partial charge in [-0.1, -0.05) is 11.6 Å². The van der Waals surface area contributed by atoms with Crippen molar-refractivity contribution in [2.45, 2.75) is 26.8 Å². The van der Waals surface area contributed by atoms with E-state index in [-0.39, 0.29) is 11.7 Å². The maximum atomic E-state index is 11.6. The van der Waals surface area contributed by atoms with E-state index >= 15 is 0 Å². The first-order valence-electron chi connectivity index (χ1n) is 4.65. The van der Waals surface area contributed by atoms with Gasteiger partial charge in [0, 0.05) is 6.04 Å². The van der Waals surface area contributed by atoms with Gasteiger partial charge in [-0.25, -0.2) is 14.8 Å². The molecule has 15 heavy (non-hydrogen) atoms. The molecular weight excluding hydrogens is 216 g/mol. The van der Waals surface area contributed by atoms with Gasteiger partial charge >= 0.3 is 5.69 Å². The minimum absolute atomic E-state index is 0.0232. The molecule has 0 radical (unpaired) electrons. The molecule has 2 heterocycles. The molecule has 0 spiro atoms. The van der Waals surface area contributed by atoms with Gasteiger partial charge in [0.15, 0.2) is 10.8 Å². The third-order valence-electron chi connectivity index (χ3n) is 2.15. The molecule has 0 aliphatic rings. The first-order valence-corrected chi connectivity index (χ1v) is 5.03. The van der Waals surface area contributed by atoms with Crippen molar-refractivity contribution in [1.29, 1.82) is 0 Å². The average Bonchev–Trinajstić information content (AvgIpc) is 2.40. The summed E-state index contributed by atoms with van der Waals surface area (Å²) in [6, 6.07) is 0.0232. The van der Waals surface area contributed by atoms with E-state index in [4.69, 9.17) is 11.6 Å². The van der Waals surface area contributed by atoms with Crippen LogP contribution >= 0.6 is 11.6 Å². The standard InChI is InChI=1S/C9H11ClN4O/c1-4(2)14-6-7(10)11-5(3)12-8(6)13-9(14)15/h4H,1-3H3,(H,11,12,13,15). The van der Waals surface area contributed by atoms with Crippen LogP contribution < -0.4 is 5.69 Å². The summed E-state index contributed by atoms with van der Waals surface area (Å²) in [4.78, 5) is 22.4. The van der Waals surface area contributed by atoms with Gasteiger partial charge in [-0.2, -0.15) is 0 Å². The van der Waals surface area contributed by atoms with E-state index in [1.807, 2.05) is 13.8 Å². The van der Waals surface area contributed by atoms with E-state index < -0.39 is 0 Å². The summed E-state index contributed by atoms with van der Waals surface area (Å²) in [6.45, 7) is 5.55. The average molecular weight is 227 g/mol. The fourth-order valence-electron chi connectivity index (χ4n) is 1.59. The molecule has 0 aromatic carbocycles. The summed E-state index contributed by atoms with van der Waals surface area (Å²) >= 11 is 5.99. The summed E-state index contributed by atoms with van der Waals surface area (Å²) in [5, 5.41) is 0.310. The summed E-state index contributed by atoms with van der Waals surface area (Å²) < 4.78 is 1.55. The Morgan fingerprint density at radius 1 is 1.40 bits per heavy atom. The minimum atomic E-state index is -0.207. The summed E-state index contributed by atoms with van der Waals surface area (Å²) in [5.74, 6) is 0.546. The molecule has 2 rings (SSSR count). The predicted octanol–water partition coefficient (Wildman–Crippen LogP) is 1.66. The highest BCUT2D eigenvalue weighted by atomic mass is 35.5. The van der Waals surface area contributed by atoms with Crippen LogP contribution in [-0.2, 0) is 0 Å². The Morgan fingerprint density at radius 2 is 2.07 bits per heavy atom. The number of imidazole rings is 1. The molecule has 0 saturated carbocycles. The Bertz CT molecular complexity index is 569. The SMILES string of the molecule is Cc1nc(Cl)c2c(n1)[nH]c(=O)n2C(C)C. The second-order valence-corrected chi connectivity index (χ2v) is 4.01. The van der Waals surface area contributed by atoms with Crippen LogP contribution in [0.25, 0.3) is 11.2 Å². The van der Waals surface area contributed by atoms with Crippen LogP contribution in [0.15, 0.2) is 4.79 Å². The zero-order valence-corrected chi connectivity index (χ0v) is 9.46. The van der Waals surface area contributed by atoms with Gasteiger partial charge in [0.25, 0.3) is 0 Å². The quantitative estimate of drug-likeness (QED) is 0.753. The van der Waals surface area contributed by atoms with E-state index in [1.54, 1.807) is 11.5 Å². The number of H-pyrrole nitrogens is 1. The first kappa shape index (κ1) is 10.2. The van der Waals surface area contributed by atoms with Crippen molar-refractivity contribution in [3.8, 4) is 0 Å². The smallest absolute Gasteiger partial charge is 0.290 e. The van der Waals surface area contributed by atoms with Gasteiger partial charge in [0.2, 0.25) is 0 Å². The van der Waals surface area contributed by atoms with Crippen LogP contribution in [-0.4, -0.2) is 19.5 Å². The number of aromatic nitrogens is 4. The lowest BCUT2D eigenvalue weighted by Gasteiger charge is -2.07. The van der Waals surface area contributed by atoms with Gasteiger partial charge < -0.3 is 0 Å². The second kappa shape index (κ2) is 3.34. The first-order chi connectivity index (χ1) is 7.00. The predicted molar refractivity (Wildman–Crippen MR) is 58.3 cm³/mol. The molecule has 1 N–H and O–H groups in total. The molecule has 0 amide bonds. The monoisotopic (exact) mass is 226 g/mol. The van der Waals surface area contributed by atoms with Crippen LogP contribution in [0.3, 0.4) is 0 Å². The van der Waals surface area contributed by atoms with Crippen LogP contribution in [0.5, 0.6) is 0 Å². The molecule has 80 valence electrons. The Kier molecular flexibility index (Phi) is 2.26. The molecule has 0 aliphatic carbocycles. The highest BCUT2D eigenvalue weighted by molar-refractivity contribution is 6.33. The van der Waals surface area contributed by atoms with E-state index in [2.05, 4.69) is 15.0 Å². The van der Waals surface area contributed by atoms with Gasteiger partial charge in [-0.3, -0.25) is 9.55 Å². The van der Waals surface area contributed by atoms with Crippen LogP contribution in [0, 0.1) is 6.92 Å². The lowest BCUT2D eigenvalue weighted by molar-refractivity contribution is 0.597. The number of halogens is 1. The molecule has 0 aliphatic heterocycles. The Labute approximate surface area is 91.1 Å². The van der Waals surface area contributed by atoms with E-state index in [0.29, 0.717) is 22.1 Å². The summed E-state index contributed by atoms with van der Waals surface area (Å²) in [6.07, 6.45) is 0. The number of fused-ring (bicyclic) bond motifs is 1. The third kappa shape index (κ3) is 1.52. The highest BCUT2D eigenvalue weighted by Gasteiger charge is 2.14. The Morgan fingerprint density at radius 3 is 2.67 bits per heavy atom. The van der Waals surface area contributed by atoms with Crippen molar-refractivity contribution in [2.24, 2.45) is 0 Å². The summed E-state index contributed by atoms with van der Waals surface area (Å²) in [5.41, 5.74) is 0.857. The van der Waals surface area contributed by atoms with E-state index in [1.165, 1.54) is 0 Å². The molecule has 0 saturated heterocycles. The molecule has 0 bridgehead atoms. The van der Waals surface area contributed by atoms with Crippen molar-refractivity contribution >= 4 is 22.8 Å². The van der Waals surface area contributed by atoms with Gasteiger partial charge in [-0.05, 0) is 20.8 Å². The van der Waals surface area contributed by atoms with Crippen LogP contribution in [0.2, 0.25) is 5.15 Å². The number of hydrogen-bond donors (Lipinski definition) is 1. The number of aromatic amines is 1. The molecule has 2 aromatic heterocycles. The minimum Gasteiger partial charge on any atom is -0.290 e. The zero-order valence-electron chi connectivity index (χ0n) is 8.71. The molecule has 5 nitrogen and oxygen atoms in total. The molecule has 0 atom stereocenters.